The van der Waals surface area contributed by atoms with Gasteiger partial charge in [0.1, 0.15) is 6.10 Å². The van der Waals surface area contributed by atoms with Crippen LogP contribution in [-0.2, 0) is 4.74 Å². The van der Waals surface area contributed by atoms with Gasteiger partial charge in [0.05, 0.1) is 16.1 Å². The fourth-order valence-corrected chi connectivity index (χ4v) is 2.73. The summed E-state index contributed by atoms with van der Waals surface area (Å²) in [6.45, 7) is 5.02. The second kappa shape index (κ2) is 6.66. The summed E-state index contributed by atoms with van der Waals surface area (Å²) in [5.41, 5.74) is 4.18. The third-order valence-electron chi connectivity index (χ3n) is 2.91. The van der Waals surface area contributed by atoms with E-state index in [-0.39, 0.29) is 6.10 Å². The van der Waals surface area contributed by atoms with Crippen LogP contribution in [0.15, 0.2) is 35.8 Å². The molecule has 2 aromatic rings. The van der Waals surface area contributed by atoms with Gasteiger partial charge in [-0.1, -0.05) is 43.7 Å². The highest BCUT2D eigenvalue weighted by molar-refractivity contribution is 7.09. The Morgan fingerprint density at radius 1 is 1.28 bits per heavy atom. The van der Waals surface area contributed by atoms with Crippen LogP contribution in [0.4, 0.5) is 0 Å². The molecule has 0 amide bonds. The first-order valence-electron chi connectivity index (χ1n) is 6.39. The smallest absolute Gasteiger partial charge is 0.119 e. The number of nitrogens with zero attached hydrogens (tertiary/aromatic N) is 1. The third-order valence-corrected chi connectivity index (χ3v) is 3.88. The molecule has 0 saturated heterocycles. The van der Waals surface area contributed by atoms with Gasteiger partial charge in [-0.3, -0.25) is 0 Å². The lowest BCUT2D eigenvalue weighted by atomic mass is 10.1. The maximum absolute atomic E-state index is 6.06. The minimum atomic E-state index is 0.0326. The number of aryl methyl sites for hydroxylation is 1. The molecule has 1 heterocycles. The zero-order valence-electron chi connectivity index (χ0n) is 10.9. The maximum atomic E-state index is 6.06. The molecule has 0 aliphatic heterocycles. The number of unbranched alkanes of at least 4 members (excludes halogenated alkanes) is 1. The van der Waals surface area contributed by atoms with E-state index in [0.717, 1.165) is 25.1 Å². The Kier molecular flexibility index (Phi) is 4.90. The van der Waals surface area contributed by atoms with Gasteiger partial charge in [-0.15, -0.1) is 11.3 Å². The molecule has 0 N–H and O–H groups in total. The van der Waals surface area contributed by atoms with E-state index in [1.165, 1.54) is 10.4 Å². The first-order chi connectivity index (χ1) is 8.83. The number of hydrogen-bond acceptors (Lipinski definition) is 3. The lowest BCUT2D eigenvalue weighted by Gasteiger charge is -2.17. The van der Waals surface area contributed by atoms with Gasteiger partial charge in [0, 0.05) is 6.61 Å². The van der Waals surface area contributed by atoms with Crippen LogP contribution in [-0.4, -0.2) is 11.6 Å². The van der Waals surface area contributed by atoms with E-state index in [9.17, 15) is 0 Å². The zero-order valence-corrected chi connectivity index (χ0v) is 11.7. The Morgan fingerprint density at radius 3 is 2.67 bits per heavy atom. The number of thiazole rings is 1. The molecule has 0 aliphatic carbocycles. The molecule has 0 bridgehead atoms. The predicted octanol–water partition coefficient (Wildman–Crippen LogP) is 4.36. The van der Waals surface area contributed by atoms with Crippen LogP contribution in [0.5, 0.6) is 0 Å². The van der Waals surface area contributed by atoms with Crippen molar-refractivity contribution in [3.63, 3.8) is 0 Å². The SMILES string of the molecule is CCCCOC(c1ccccc1)c1scnc1C. The summed E-state index contributed by atoms with van der Waals surface area (Å²) in [5, 5.41) is 0. The number of ether oxygens (including phenoxy) is 1. The van der Waals surface area contributed by atoms with Crippen molar-refractivity contribution in [3.05, 3.63) is 52.0 Å². The van der Waals surface area contributed by atoms with E-state index in [0.29, 0.717) is 0 Å². The van der Waals surface area contributed by atoms with Crippen molar-refractivity contribution in [3.8, 4) is 0 Å². The van der Waals surface area contributed by atoms with Crippen molar-refractivity contribution >= 4 is 11.3 Å². The van der Waals surface area contributed by atoms with Crippen molar-refractivity contribution in [2.24, 2.45) is 0 Å². The van der Waals surface area contributed by atoms with Crippen molar-refractivity contribution in [2.45, 2.75) is 32.8 Å². The number of aromatic nitrogens is 1. The summed E-state index contributed by atoms with van der Waals surface area (Å²) < 4.78 is 6.06. The summed E-state index contributed by atoms with van der Waals surface area (Å²) in [5.74, 6) is 0. The Morgan fingerprint density at radius 2 is 2.06 bits per heavy atom. The van der Waals surface area contributed by atoms with Crippen LogP contribution >= 0.6 is 11.3 Å². The number of rotatable bonds is 6. The fraction of sp³-hybridized carbons (Fsp3) is 0.400. The van der Waals surface area contributed by atoms with E-state index in [2.05, 4.69) is 36.2 Å². The largest absolute Gasteiger partial charge is 0.368 e. The molecule has 1 aromatic heterocycles. The molecular formula is C15H19NOS. The van der Waals surface area contributed by atoms with Gasteiger partial charge in [0.2, 0.25) is 0 Å². The molecule has 3 heteroatoms. The fourth-order valence-electron chi connectivity index (χ4n) is 1.86. The van der Waals surface area contributed by atoms with E-state index in [1.54, 1.807) is 11.3 Å². The van der Waals surface area contributed by atoms with Crippen molar-refractivity contribution in [1.29, 1.82) is 0 Å². The molecule has 0 radical (unpaired) electrons. The van der Waals surface area contributed by atoms with Gasteiger partial charge >= 0.3 is 0 Å². The van der Waals surface area contributed by atoms with Crippen molar-refractivity contribution in [1.82, 2.24) is 4.98 Å². The molecule has 18 heavy (non-hydrogen) atoms. The van der Waals surface area contributed by atoms with Crippen LogP contribution in [0, 0.1) is 6.92 Å². The van der Waals surface area contributed by atoms with Crippen LogP contribution < -0.4 is 0 Å². The van der Waals surface area contributed by atoms with Crippen LogP contribution in [0.1, 0.15) is 42.0 Å². The molecule has 0 spiro atoms. The minimum Gasteiger partial charge on any atom is -0.368 e. The topological polar surface area (TPSA) is 22.1 Å². The van der Waals surface area contributed by atoms with Gasteiger partial charge < -0.3 is 4.74 Å². The Hall–Kier alpha value is -1.19. The molecule has 2 rings (SSSR count). The minimum absolute atomic E-state index is 0.0326. The molecule has 0 saturated carbocycles. The van der Waals surface area contributed by atoms with Gasteiger partial charge in [-0.2, -0.15) is 0 Å². The molecule has 1 unspecified atom stereocenters. The average molecular weight is 261 g/mol. The van der Waals surface area contributed by atoms with E-state index < -0.39 is 0 Å². The van der Waals surface area contributed by atoms with Gasteiger partial charge in [0.25, 0.3) is 0 Å². The molecule has 1 aromatic carbocycles. The second-order valence-electron chi connectivity index (χ2n) is 4.32. The van der Waals surface area contributed by atoms with Crippen LogP contribution in [0.2, 0.25) is 0 Å². The lowest BCUT2D eigenvalue weighted by molar-refractivity contribution is 0.0796. The molecule has 96 valence electrons. The first kappa shape index (κ1) is 13.2. The Bertz CT molecular complexity index is 466. The average Bonchev–Trinajstić information content (AvgIpc) is 2.82. The van der Waals surface area contributed by atoms with E-state index in [1.807, 2.05) is 18.5 Å². The summed E-state index contributed by atoms with van der Waals surface area (Å²) in [6, 6.07) is 10.4. The predicted molar refractivity (Wildman–Crippen MR) is 76.0 cm³/mol. The first-order valence-corrected chi connectivity index (χ1v) is 7.27. The third kappa shape index (κ3) is 3.18. The Balaban J connectivity index is 2.21. The van der Waals surface area contributed by atoms with E-state index >= 15 is 0 Å². The highest BCUT2D eigenvalue weighted by Crippen LogP contribution is 2.31. The quantitative estimate of drug-likeness (QED) is 0.721. The monoisotopic (exact) mass is 261 g/mol. The van der Waals surface area contributed by atoms with Crippen LogP contribution in [0.25, 0.3) is 0 Å². The molecular weight excluding hydrogens is 242 g/mol. The maximum Gasteiger partial charge on any atom is 0.119 e. The molecule has 0 aliphatic rings. The van der Waals surface area contributed by atoms with Gasteiger partial charge in [0.15, 0.2) is 0 Å². The molecule has 1 atom stereocenters. The standard InChI is InChI=1S/C15H19NOS/c1-3-4-10-17-14(13-8-6-5-7-9-13)15-12(2)16-11-18-15/h5-9,11,14H,3-4,10H2,1-2H3. The van der Waals surface area contributed by atoms with Crippen molar-refractivity contribution in [2.75, 3.05) is 6.61 Å². The van der Waals surface area contributed by atoms with Crippen molar-refractivity contribution < 1.29 is 4.74 Å². The molecule has 2 nitrogen and oxygen atoms in total. The zero-order chi connectivity index (χ0) is 12.8. The second-order valence-corrected chi connectivity index (χ2v) is 5.20. The highest BCUT2D eigenvalue weighted by Gasteiger charge is 2.18. The summed E-state index contributed by atoms with van der Waals surface area (Å²) in [6.07, 6.45) is 2.29. The van der Waals surface area contributed by atoms with Gasteiger partial charge in [-0.05, 0) is 18.9 Å². The lowest BCUT2D eigenvalue weighted by Crippen LogP contribution is -2.07. The Labute approximate surface area is 113 Å². The summed E-state index contributed by atoms with van der Waals surface area (Å²) in [7, 11) is 0. The summed E-state index contributed by atoms with van der Waals surface area (Å²) in [4.78, 5) is 5.55. The molecule has 0 fully saturated rings. The number of hydrogen-bond donors (Lipinski definition) is 0. The van der Waals surface area contributed by atoms with Crippen LogP contribution in [0.3, 0.4) is 0 Å². The highest BCUT2D eigenvalue weighted by atomic mass is 32.1. The summed E-state index contributed by atoms with van der Waals surface area (Å²) >= 11 is 1.67. The van der Waals surface area contributed by atoms with Gasteiger partial charge in [-0.25, -0.2) is 4.98 Å². The van der Waals surface area contributed by atoms with E-state index in [4.69, 9.17) is 4.74 Å². The number of benzene rings is 1. The normalized spacial score (nSPS) is 12.6.